The Hall–Kier alpha value is -3.93. The minimum atomic E-state index is -0.423. The number of carbonyl (C=O) groups excluding carboxylic acids is 3. The van der Waals surface area contributed by atoms with Gasteiger partial charge in [-0.3, -0.25) is 14.4 Å². The second-order valence-electron chi connectivity index (χ2n) is 8.54. The van der Waals surface area contributed by atoms with Crippen molar-refractivity contribution in [1.82, 2.24) is 0 Å². The van der Waals surface area contributed by atoms with Gasteiger partial charge in [0.25, 0.3) is 5.91 Å². The number of rotatable bonds is 5. The molecule has 0 saturated carbocycles. The average molecular weight is 442 g/mol. The summed E-state index contributed by atoms with van der Waals surface area (Å²) in [5.41, 5.74) is 5.88. The molecular formula is C27H27N3O3. The maximum Gasteiger partial charge on any atom is 0.255 e. The van der Waals surface area contributed by atoms with Crippen LogP contribution in [-0.4, -0.2) is 24.3 Å². The van der Waals surface area contributed by atoms with Gasteiger partial charge >= 0.3 is 0 Å². The van der Waals surface area contributed by atoms with Crippen molar-refractivity contribution in [3.63, 3.8) is 0 Å². The molecule has 1 aliphatic rings. The van der Waals surface area contributed by atoms with Crippen LogP contribution in [0.15, 0.2) is 66.7 Å². The number of aryl methyl sites for hydroxylation is 3. The first-order valence-electron chi connectivity index (χ1n) is 11.0. The fraction of sp³-hybridized carbons (Fsp3) is 0.222. The molecule has 4 rings (SSSR count). The van der Waals surface area contributed by atoms with Crippen LogP contribution in [0.2, 0.25) is 0 Å². The molecule has 0 aromatic heterocycles. The summed E-state index contributed by atoms with van der Waals surface area (Å²) < 4.78 is 0. The number of amides is 3. The molecule has 3 aromatic carbocycles. The molecule has 1 heterocycles. The van der Waals surface area contributed by atoms with Gasteiger partial charge in [0.1, 0.15) is 0 Å². The zero-order chi connectivity index (χ0) is 23.5. The van der Waals surface area contributed by atoms with E-state index >= 15 is 0 Å². The lowest BCUT2D eigenvalue weighted by atomic mass is 10.0. The van der Waals surface area contributed by atoms with Gasteiger partial charge in [-0.15, -0.1) is 0 Å². The molecule has 33 heavy (non-hydrogen) atoms. The molecular weight excluding hydrogens is 414 g/mol. The topological polar surface area (TPSA) is 78.5 Å². The van der Waals surface area contributed by atoms with E-state index in [1.807, 2.05) is 63.2 Å². The Morgan fingerprint density at radius 2 is 1.52 bits per heavy atom. The number of nitrogens with one attached hydrogen (secondary N) is 2. The van der Waals surface area contributed by atoms with E-state index in [9.17, 15) is 14.4 Å². The van der Waals surface area contributed by atoms with Crippen LogP contribution in [0.4, 0.5) is 17.1 Å². The summed E-state index contributed by atoms with van der Waals surface area (Å²) in [5, 5.41) is 5.85. The van der Waals surface area contributed by atoms with E-state index in [1.165, 1.54) is 0 Å². The molecule has 3 amide bonds. The van der Waals surface area contributed by atoms with Crippen LogP contribution >= 0.6 is 0 Å². The van der Waals surface area contributed by atoms with E-state index < -0.39 is 5.92 Å². The summed E-state index contributed by atoms with van der Waals surface area (Å²) in [6.07, 6.45) is 0.177. The molecule has 1 saturated heterocycles. The first kappa shape index (κ1) is 22.3. The third kappa shape index (κ3) is 4.95. The van der Waals surface area contributed by atoms with Crippen LogP contribution in [0.3, 0.4) is 0 Å². The van der Waals surface area contributed by atoms with Gasteiger partial charge in [0.15, 0.2) is 0 Å². The summed E-state index contributed by atoms with van der Waals surface area (Å²) in [5.74, 6) is -0.893. The van der Waals surface area contributed by atoms with Crippen molar-refractivity contribution in [2.24, 2.45) is 5.92 Å². The minimum absolute atomic E-state index is 0.0601. The van der Waals surface area contributed by atoms with Crippen molar-refractivity contribution in [3.8, 4) is 0 Å². The Balaban J connectivity index is 1.38. The van der Waals surface area contributed by atoms with Crippen molar-refractivity contribution < 1.29 is 14.4 Å². The summed E-state index contributed by atoms with van der Waals surface area (Å²) >= 11 is 0. The van der Waals surface area contributed by atoms with Gasteiger partial charge in [-0.1, -0.05) is 35.9 Å². The van der Waals surface area contributed by atoms with E-state index in [-0.39, 0.29) is 24.1 Å². The summed E-state index contributed by atoms with van der Waals surface area (Å²) in [4.78, 5) is 39.5. The van der Waals surface area contributed by atoms with Gasteiger partial charge in [-0.05, 0) is 68.3 Å². The lowest BCUT2D eigenvalue weighted by Gasteiger charge is -2.16. The minimum Gasteiger partial charge on any atom is -0.326 e. The summed E-state index contributed by atoms with van der Waals surface area (Å²) in [6.45, 7) is 6.32. The first-order chi connectivity index (χ1) is 15.8. The SMILES string of the molecule is Cc1cc(C)c(NC(=O)c2ccc(NC(=O)C3CC(=O)N(c4ccccc4)C3)cc2)c(C)c1. The van der Waals surface area contributed by atoms with Crippen LogP contribution in [0.5, 0.6) is 0 Å². The molecule has 6 heteroatoms. The van der Waals surface area contributed by atoms with Crippen molar-refractivity contribution in [2.45, 2.75) is 27.2 Å². The fourth-order valence-corrected chi connectivity index (χ4v) is 4.25. The van der Waals surface area contributed by atoms with Crippen molar-refractivity contribution >= 4 is 34.8 Å². The summed E-state index contributed by atoms with van der Waals surface area (Å²) in [6, 6.07) is 20.2. The Morgan fingerprint density at radius 3 is 2.15 bits per heavy atom. The number of anilines is 3. The Labute approximate surface area is 193 Å². The largest absolute Gasteiger partial charge is 0.326 e. The molecule has 1 unspecified atom stereocenters. The Morgan fingerprint density at radius 1 is 0.879 bits per heavy atom. The van der Waals surface area contributed by atoms with Crippen LogP contribution in [-0.2, 0) is 9.59 Å². The number of hydrogen-bond acceptors (Lipinski definition) is 3. The number of carbonyl (C=O) groups is 3. The van der Waals surface area contributed by atoms with Gasteiger partial charge in [-0.25, -0.2) is 0 Å². The predicted octanol–water partition coefficient (Wildman–Crippen LogP) is 4.86. The quantitative estimate of drug-likeness (QED) is 0.594. The van der Waals surface area contributed by atoms with Gasteiger partial charge in [0.2, 0.25) is 11.8 Å². The molecule has 2 N–H and O–H groups in total. The van der Waals surface area contributed by atoms with Crippen molar-refractivity contribution in [3.05, 3.63) is 89.0 Å². The van der Waals surface area contributed by atoms with E-state index in [4.69, 9.17) is 0 Å². The molecule has 0 aliphatic carbocycles. The van der Waals surface area contributed by atoms with Gasteiger partial charge in [0.05, 0.1) is 5.92 Å². The highest BCUT2D eigenvalue weighted by atomic mass is 16.2. The molecule has 1 fully saturated rings. The maximum atomic E-state index is 12.7. The van der Waals surface area contributed by atoms with Crippen LogP contribution < -0.4 is 15.5 Å². The number of benzene rings is 3. The number of para-hydroxylation sites is 1. The third-order valence-corrected chi connectivity index (χ3v) is 5.89. The predicted molar refractivity (Wildman–Crippen MR) is 131 cm³/mol. The lowest BCUT2D eigenvalue weighted by molar-refractivity contribution is -0.122. The molecule has 168 valence electrons. The number of hydrogen-bond donors (Lipinski definition) is 2. The molecule has 1 aliphatic heterocycles. The van der Waals surface area contributed by atoms with Crippen LogP contribution in [0.1, 0.15) is 33.5 Å². The number of nitrogens with zero attached hydrogens (tertiary/aromatic N) is 1. The maximum absolute atomic E-state index is 12.7. The zero-order valence-electron chi connectivity index (χ0n) is 19.0. The first-order valence-corrected chi connectivity index (χ1v) is 11.0. The monoisotopic (exact) mass is 441 g/mol. The average Bonchev–Trinajstić information content (AvgIpc) is 3.19. The molecule has 1 atom stereocenters. The van der Waals surface area contributed by atoms with Crippen molar-refractivity contribution in [2.75, 3.05) is 22.1 Å². The highest BCUT2D eigenvalue weighted by Crippen LogP contribution is 2.26. The highest BCUT2D eigenvalue weighted by molar-refractivity contribution is 6.06. The Bertz CT molecular complexity index is 1180. The van der Waals surface area contributed by atoms with Crippen LogP contribution in [0.25, 0.3) is 0 Å². The second kappa shape index (κ2) is 9.28. The second-order valence-corrected chi connectivity index (χ2v) is 8.54. The van der Waals surface area contributed by atoms with Gasteiger partial charge in [-0.2, -0.15) is 0 Å². The third-order valence-electron chi connectivity index (χ3n) is 5.89. The van der Waals surface area contributed by atoms with E-state index in [1.54, 1.807) is 29.2 Å². The van der Waals surface area contributed by atoms with Crippen molar-refractivity contribution in [1.29, 1.82) is 0 Å². The van der Waals surface area contributed by atoms with E-state index in [2.05, 4.69) is 10.6 Å². The molecule has 0 spiro atoms. The smallest absolute Gasteiger partial charge is 0.255 e. The fourth-order valence-electron chi connectivity index (χ4n) is 4.25. The summed E-state index contributed by atoms with van der Waals surface area (Å²) in [7, 11) is 0. The van der Waals surface area contributed by atoms with E-state index in [0.717, 1.165) is 28.1 Å². The normalized spacial score (nSPS) is 15.4. The van der Waals surface area contributed by atoms with Gasteiger partial charge < -0.3 is 15.5 Å². The zero-order valence-corrected chi connectivity index (χ0v) is 19.0. The van der Waals surface area contributed by atoms with Crippen LogP contribution in [0, 0.1) is 26.7 Å². The van der Waals surface area contributed by atoms with E-state index in [0.29, 0.717) is 17.8 Å². The highest BCUT2D eigenvalue weighted by Gasteiger charge is 2.35. The lowest BCUT2D eigenvalue weighted by Crippen LogP contribution is -2.28. The standard InChI is InChI=1S/C27H27N3O3/c1-17-13-18(2)25(19(3)14-17)29-26(32)20-9-11-22(12-10-20)28-27(33)21-15-24(31)30(16-21)23-7-5-4-6-8-23/h4-14,21H,15-16H2,1-3H3,(H,28,33)(H,29,32). The molecule has 6 nitrogen and oxygen atoms in total. The Kier molecular flexibility index (Phi) is 6.27. The molecule has 0 radical (unpaired) electrons. The molecule has 0 bridgehead atoms. The molecule has 3 aromatic rings. The van der Waals surface area contributed by atoms with Gasteiger partial charge in [0, 0.05) is 35.6 Å².